The highest BCUT2D eigenvalue weighted by atomic mass is 16.7. The molecular weight excluding hydrogens is 220 g/mol. The number of hydrogen-bond acceptors (Lipinski definition) is 4. The number of benzene rings is 1. The summed E-state index contributed by atoms with van der Waals surface area (Å²) in [6.45, 7) is 1.23. The maximum absolute atomic E-state index is 11.5. The number of likely N-dealkylation sites (N-methyl/N-ethyl adjacent to an activating group) is 1. The number of rotatable bonds is 2. The molecule has 0 aliphatic rings. The fraction of sp³-hybridized carbons (Fsp3) is 0.167. The van der Waals surface area contributed by atoms with Crippen molar-refractivity contribution in [1.29, 1.82) is 0 Å². The molecule has 2 N–H and O–H groups in total. The molecule has 0 aliphatic heterocycles. The molecule has 0 atom stereocenters. The van der Waals surface area contributed by atoms with Gasteiger partial charge in [0.2, 0.25) is 0 Å². The van der Waals surface area contributed by atoms with Crippen LogP contribution in [0.4, 0.5) is 5.69 Å². The van der Waals surface area contributed by atoms with Crippen molar-refractivity contribution in [3.8, 4) is 0 Å². The number of hydrogen-bond donors (Lipinski definition) is 1. The standard InChI is InChI=1S/C12H14N2O3/c1-9(15)17-14(2)12(16)8-5-10-3-6-11(13)7-4-10/h3-8H,13H2,1-2H3/b8-5+. The monoisotopic (exact) mass is 234 g/mol. The topological polar surface area (TPSA) is 72.6 Å². The van der Waals surface area contributed by atoms with E-state index in [1.54, 1.807) is 30.3 Å². The van der Waals surface area contributed by atoms with Gasteiger partial charge in [0.1, 0.15) is 0 Å². The van der Waals surface area contributed by atoms with Crippen LogP contribution in [-0.2, 0) is 14.4 Å². The Hall–Kier alpha value is -2.30. The average molecular weight is 234 g/mol. The number of carbonyl (C=O) groups excluding carboxylic acids is 2. The highest BCUT2D eigenvalue weighted by molar-refractivity contribution is 5.91. The Morgan fingerprint density at radius 2 is 1.88 bits per heavy atom. The van der Waals surface area contributed by atoms with Gasteiger partial charge < -0.3 is 10.6 Å². The van der Waals surface area contributed by atoms with Gasteiger partial charge in [0.05, 0.1) is 0 Å². The van der Waals surface area contributed by atoms with E-state index in [0.717, 1.165) is 10.6 Å². The van der Waals surface area contributed by atoms with E-state index < -0.39 is 11.9 Å². The van der Waals surface area contributed by atoms with Gasteiger partial charge in [-0.2, -0.15) is 5.06 Å². The summed E-state index contributed by atoms with van der Waals surface area (Å²) >= 11 is 0. The Morgan fingerprint density at radius 3 is 2.41 bits per heavy atom. The second-order valence-corrected chi connectivity index (χ2v) is 3.42. The van der Waals surface area contributed by atoms with Crippen LogP contribution in [0.15, 0.2) is 30.3 Å². The summed E-state index contributed by atoms with van der Waals surface area (Å²) in [5, 5.41) is 0.871. The number of carbonyl (C=O) groups is 2. The molecule has 1 aromatic rings. The summed E-state index contributed by atoms with van der Waals surface area (Å²) < 4.78 is 0. The number of anilines is 1. The van der Waals surface area contributed by atoms with E-state index in [9.17, 15) is 9.59 Å². The van der Waals surface area contributed by atoms with Crippen molar-refractivity contribution in [2.24, 2.45) is 0 Å². The van der Waals surface area contributed by atoms with Crippen LogP contribution >= 0.6 is 0 Å². The maximum atomic E-state index is 11.5. The first-order chi connectivity index (χ1) is 7.99. The fourth-order valence-corrected chi connectivity index (χ4v) is 1.12. The summed E-state index contributed by atoms with van der Waals surface area (Å²) in [4.78, 5) is 26.7. The zero-order valence-corrected chi connectivity index (χ0v) is 9.71. The lowest BCUT2D eigenvalue weighted by Gasteiger charge is -2.12. The average Bonchev–Trinajstić information content (AvgIpc) is 2.27. The summed E-state index contributed by atoms with van der Waals surface area (Å²) in [6.07, 6.45) is 2.93. The van der Waals surface area contributed by atoms with Crippen LogP contribution in [0.25, 0.3) is 6.08 Å². The molecule has 0 heterocycles. The molecule has 90 valence electrons. The van der Waals surface area contributed by atoms with Crippen LogP contribution in [0.5, 0.6) is 0 Å². The van der Waals surface area contributed by atoms with Crippen LogP contribution < -0.4 is 5.73 Å². The Balaban J connectivity index is 2.61. The minimum atomic E-state index is -0.540. The first kappa shape index (κ1) is 12.8. The molecule has 17 heavy (non-hydrogen) atoms. The Morgan fingerprint density at radius 1 is 1.29 bits per heavy atom. The molecule has 0 fully saturated rings. The zero-order chi connectivity index (χ0) is 12.8. The van der Waals surface area contributed by atoms with Crippen LogP contribution in [-0.4, -0.2) is 24.0 Å². The molecule has 0 aromatic heterocycles. The molecule has 0 radical (unpaired) electrons. The van der Waals surface area contributed by atoms with Gasteiger partial charge in [0.15, 0.2) is 0 Å². The second kappa shape index (κ2) is 5.69. The normalized spacial score (nSPS) is 10.2. The third-order valence-electron chi connectivity index (χ3n) is 1.93. The lowest BCUT2D eigenvalue weighted by atomic mass is 10.2. The lowest BCUT2D eigenvalue weighted by molar-refractivity contribution is -0.187. The summed E-state index contributed by atoms with van der Waals surface area (Å²) in [6, 6.07) is 7.04. The van der Waals surface area contributed by atoms with Crippen molar-refractivity contribution >= 4 is 23.6 Å². The van der Waals surface area contributed by atoms with Gasteiger partial charge in [-0.3, -0.25) is 9.59 Å². The molecule has 1 rings (SSSR count). The largest absolute Gasteiger partial charge is 0.399 e. The highest BCUT2D eigenvalue weighted by Crippen LogP contribution is 2.07. The molecule has 0 spiro atoms. The van der Waals surface area contributed by atoms with E-state index in [4.69, 9.17) is 5.73 Å². The number of amides is 1. The SMILES string of the molecule is CC(=O)ON(C)C(=O)/C=C/c1ccc(N)cc1. The van der Waals surface area contributed by atoms with Crippen molar-refractivity contribution in [3.05, 3.63) is 35.9 Å². The Labute approximate surface area is 99.4 Å². The minimum absolute atomic E-state index is 0.419. The van der Waals surface area contributed by atoms with Crippen molar-refractivity contribution in [1.82, 2.24) is 5.06 Å². The van der Waals surface area contributed by atoms with E-state index in [1.807, 2.05) is 0 Å². The van der Waals surface area contributed by atoms with Gasteiger partial charge in [-0.1, -0.05) is 12.1 Å². The van der Waals surface area contributed by atoms with Crippen molar-refractivity contribution < 1.29 is 14.4 Å². The quantitative estimate of drug-likeness (QED) is 0.474. The second-order valence-electron chi connectivity index (χ2n) is 3.42. The Kier molecular flexibility index (Phi) is 4.28. The summed E-state index contributed by atoms with van der Waals surface area (Å²) in [5.74, 6) is -0.959. The Bertz CT molecular complexity index is 438. The van der Waals surface area contributed by atoms with E-state index in [2.05, 4.69) is 4.84 Å². The van der Waals surface area contributed by atoms with Gasteiger partial charge in [-0.05, 0) is 23.8 Å². The van der Waals surface area contributed by atoms with Crippen LogP contribution in [0.1, 0.15) is 12.5 Å². The number of nitrogen functional groups attached to an aromatic ring is 1. The van der Waals surface area contributed by atoms with Crippen molar-refractivity contribution in [3.63, 3.8) is 0 Å². The molecule has 0 bridgehead atoms. The number of nitrogens with zero attached hydrogens (tertiary/aromatic N) is 1. The predicted molar refractivity (Wildman–Crippen MR) is 64.4 cm³/mol. The van der Waals surface area contributed by atoms with Gasteiger partial charge >= 0.3 is 5.97 Å². The fourth-order valence-electron chi connectivity index (χ4n) is 1.12. The van der Waals surface area contributed by atoms with Crippen molar-refractivity contribution in [2.45, 2.75) is 6.92 Å². The first-order valence-corrected chi connectivity index (χ1v) is 4.99. The van der Waals surface area contributed by atoms with Gasteiger partial charge in [-0.15, -0.1) is 0 Å². The van der Waals surface area contributed by atoms with Gasteiger partial charge in [0, 0.05) is 25.7 Å². The van der Waals surface area contributed by atoms with Gasteiger partial charge in [0.25, 0.3) is 5.91 Å². The molecule has 5 nitrogen and oxygen atoms in total. The molecule has 0 aliphatic carbocycles. The smallest absolute Gasteiger partial charge is 0.329 e. The molecule has 0 saturated heterocycles. The maximum Gasteiger partial charge on any atom is 0.329 e. The molecule has 0 unspecified atom stereocenters. The van der Waals surface area contributed by atoms with Crippen LogP contribution in [0, 0.1) is 0 Å². The lowest BCUT2D eigenvalue weighted by Crippen LogP contribution is -2.27. The third kappa shape index (κ3) is 4.38. The van der Waals surface area contributed by atoms with Gasteiger partial charge in [-0.25, -0.2) is 0 Å². The molecular formula is C12H14N2O3. The van der Waals surface area contributed by atoms with E-state index in [0.29, 0.717) is 5.69 Å². The highest BCUT2D eigenvalue weighted by Gasteiger charge is 2.07. The van der Waals surface area contributed by atoms with E-state index in [-0.39, 0.29) is 0 Å². The van der Waals surface area contributed by atoms with Crippen LogP contribution in [0.2, 0.25) is 0 Å². The zero-order valence-electron chi connectivity index (χ0n) is 9.71. The molecule has 5 heteroatoms. The summed E-state index contributed by atoms with van der Waals surface area (Å²) in [5.41, 5.74) is 7.02. The number of nitrogens with two attached hydrogens (primary N) is 1. The third-order valence-corrected chi connectivity index (χ3v) is 1.93. The predicted octanol–water partition coefficient (Wildman–Crippen LogP) is 1.22. The minimum Gasteiger partial charge on any atom is -0.399 e. The van der Waals surface area contributed by atoms with E-state index in [1.165, 1.54) is 20.0 Å². The van der Waals surface area contributed by atoms with E-state index >= 15 is 0 Å². The first-order valence-electron chi connectivity index (χ1n) is 4.99. The van der Waals surface area contributed by atoms with Crippen LogP contribution in [0.3, 0.4) is 0 Å². The summed E-state index contributed by atoms with van der Waals surface area (Å²) in [7, 11) is 1.37. The number of hydroxylamine groups is 2. The molecule has 0 saturated carbocycles. The van der Waals surface area contributed by atoms with Crippen molar-refractivity contribution in [2.75, 3.05) is 12.8 Å². The molecule has 1 amide bonds. The molecule has 1 aromatic carbocycles.